The number of ether oxygens (including phenoxy) is 1. The highest BCUT2D eigenvalue weighted by Crippen LogP contribution is 2.35. The molecule has 0 unspecified atom stereocenters. The van der Waals surface area contributed by atoms with Gasteiger partial charge in [0.1, 0.15) is 11.6 Å². The third kappa shape index (κ3) is 4.81. The monoisotopic (exact) mass is 364 g/mol. The number of amides is 1. The zero-order chi connectivity index (χ0) is 18.5. The molecule has 0 bridgehead atoms. The molecule has 0 radical (unpaired) electrons. The van der Waals surface area contributed by atoms with Gasteiger partial charge in [-0.15, -0.1) is 10.2 Å². The maximum atomic E-state index is 11.1. The molecule has 1 aromatic rings. The van der Waals surface area contributed by atoms with Crippen LogP contribution >= 0.6 is 0 Å². The number of piperazine rings is 1. The molecule has 0 spiro atoms. The Kier molecular flexibility index (Phi) is 6.61. The molecule has 8 nitrogen and oxygen atoms in total. The molecule has 1 aliphatic heterocycles. The molecular formula is C18H32N6O2. The molecule has 0 atom stereocenters. The van der Waals surface area contributed by atoms with Gasteiger partial charge in [0.2, 0.25) is 5.91 Å². The largest absolute Gasteiger partial charge is 0.380 e. The standard InChI is InChI=1S/C18H32N6O2/c1-4-26-10-9-23-5-7-24(8-6-23)13-17-20-21-18(22(17)3)15-11-16(12-15)19-14(2)25/h15-16H,4-13H2,1-3H3,(H,19,25). The van der Waals surface area contributed by atoms with Gasteiger partial charge in [-0.05, 0) is 19.8 Å². The fraction of sp³-hybridized carbons (Fsp3) is 0.833. The second-order valence-electron chi connectivity index (χ2n) is 7.41. The van der Waals surface area contributed by atoms with E-state index in [1.807, 2.05) is 6.92 Å². The number of aromatic nitrogens is 3. The van der Waals surface area contributed by atoms with E-state index in [9.17, 15) is 4.79 Å². The molecule has 3 rings (SSSR count). The first-order valence-corrected chi connectivity index (χ1v) is 9.74. The van der Waals surface area contributed by atoms with E-state index in [4.69, 9.17) is 4.74 Å². The van der Waals surface area contributed by atoms with Crippen LogP contribution in [0.1, 0.15) is 44.3 Å². The van der Waals surface area contributed by atoms with Crippen molar-refractivity contribution in [2.75, 3.05) is 45.9 Å². The van der Waals surface area contributed by atoms with Crippen molar-refractivity contribution in [3.05, 3.63) is 11.6 Å². The van der Waals surface area contributed by atoms with Crippen LogP contribution in [0.2, 0.25) is 0 Å². The average Bonchev–Trinajstić information content (AvgIpc) is 2.93. The lowest BCUT2D eigenvalue weighted by Gasteiger charge is -2.35. The van der Waals surface area contributed by atoms with Gasteiger partial charge in [0.05, 0.1) is 13.2 Å². The lowest BCUT2D eigenvalue weighted by molar-refractivity contribution is -0.120. The summed E-state index contributed by atoms with van der Waals surface area (Å²) >= 11 is 0. The minimum Gasteiger partial charge on any atom is -0.380 e. The molecule has 1 aromatic heterocycles. The average molecular weight is 364 g/mol. The number of hydrogen-bond acceptors (Lipinski definition) is 6. The maximum absolute atomic E-state index is 11.1. The topological polar surface area (TPSA) is 75.5 Å². The number of hydrogen-bond donors (Lipinski definition) is 1. The summed E-state index contributed by atoms with van der Waals surface area (Å²) in [7, 11) is 2.06. The Morgan fingerprint density at radius 1 is 1.19 bits per heavy atom. The second-order valence-corrected chi connectivity index (χ2v) is 7.41. The van der Waals surface area contributed by atoms with Gasteiger partial charge in [0.25, 0.3) is 0 Å². The van der Waals surface area contributed by atoms with Crippen molar-refractivity contribution in [1.82, 2.24) is 29.9 Å². The smallest absolute Gasteiger partial charge is 0.217 e. The van der Waals surface area contributed by atoms with E-state index >= 15 is 0 Å². The van der Waals surface area contributed by atoms with Crippen LogP contribution in [0.5, 0.6) is 0 Å². The van der Waals surface area contributed by atoms with Gasteiger partial charge < -0.3 is 14.6 Å². The van der Waals surface area contributed by atoms with Crippen LogP contribution in [-0.2, 0) is 23.1 Å². The first-order chi connectivity index (χ1) is 12.6. The fourth-order valence-electron chi connectivity index (χ4n) is 3.81. The summed E-state index contributed by atoms with van der Waals surface area (Å²) in [5.41, 5.74) is 0. The number of rotatable bonds is 8. The van der Waals surface area contributed by atoms with Gasteiger partial charge in [-0.25, -0.2) is 0 Å². The first kappa shape index (κ1) is 19.3. The summed E-state index contributed by atoms with van der Waals surface area (Å²) in [5.74, 6) is 2.55. The Labute approximate surface area is 155 Å². The lowest BCUT2D eigenvalue weighted by atomic mass is 9.79. The van der Waals surface area contributed by atoms with Crippen LogP contribution in [-0.4, -0.2) is 82.5 Å². The summed E-state index contributed by atoms with van der Waals surface area (Å²) in [4.78, 5) is 16.0. The van der Waals surface area contributed by atoms with Crippen molar-refractivity contribution >= 4 is 5.91 Å². The van der Waals surface area contributed by atoms with E-state index in [-0.39, 0.29) is 5.91 Å². The highest BCUT2D eigenvalue weighted by atomic mass is 16.5. The van der Waals surface area contributed by atoms with E-state index in [0.717, 1.165) is 77.0 Å². The van der Waals surface area contributed by atoms with Crippen LogP contribution in [0.15, 0.2) is 0 Å². The third-order valence-electron chi connectivity index (χ3n) is 5.50. The third-order valence-corrected chi connectivity index (χ3v) is 5.50. The molecule has 146 valence electrons. The van der Waals surface area contributed by atoms with Crippen molar-refractivity contribution in [3.8, 4) is 0 Å². The number of nitrogens with zero attached hydrogens (tertiary/aromatic N) is 5. The van der Waals surface area contributed by atoms with Gasteiger partial charge in [0, 0.05) is 65.3 Å². The highest BCUT2D eigenvalue weighted by molar-refractivity contribution is 5.73. The molecule has 2 aliphatic rings. The molecule has 1 saturated carbocycles. The summed E-state index contributed by atoms with van der Waals surface area (Å²) in [6.07, 6.45) is 1.92. The molecule has 8 heteroatoms. The molecule has 2 heterocycles. The van der Waals surface area contributed by atoms with Crippen LogP contribution in [0.3, 0.4) is 0 Å². The van der Waals surface area contributed by atoms with E-state index in [1.165, 1.54) is 0 Å². The summed E-state index contributed by atoms with van der Waals surface area (Å²) in [6.45, 7) is 11.4. The van der Waals surface area contributed by atoms with E-state index in [0.29, 0.717) is 12.0 Å². The van der Waals surface area contributed by atoms with Gasteiger partial charge in [-0.2, -0.15) is 0 Å². The SMILES string of the molecule is CCOCCN1CCN(Cc2nnc(C3CC(NC(C)=O)C3)n2C)CC1. The first-order valence-electron chi connectivity index (χ1n) is 9.74. The number of nitrogens with one attached hydrogen (secondary N) is 1. The van der Waals surface area contributed by atoms with Gasteiger partial charge in [-0.3, -0.25) is 14.6 Å². The predicted octanol–water partition coefficient (Wildman–Crippen LogP) is 0.351. The van der Waals surface area contributed by atoms with Crippen LogP contribution in [0.4, 0.5) is 0 Å². The van der Waals surface area contributed by atoms with Gasteiger partial charge in [-0.1, -0.05) is 0 Å². The lowest BCUT2D eigenvalue weighted by Crippen LogP contribution is -2.47. The molecule has 1 saturated heterocycles. The van der Waals surface area contributed by atoms with Crippen LogP contribution in [0, 0.1) is 0 Å². The quantitative estimate of drug-likeness (QED) is 0.671. The van der Waals surface area contributed by atoms with Crippen molar-refractivity contribution in [3.63, 3.8) is 0 Å². The van der Waals surface area contributed by atoms with Crippen molar-refractivity contribution in [1.29, 1.82) is 0 Å². The maximum Gasteiger partial charge on any atom is 0.217 e. The van der Waals surface area contributed by atoms with Gasteiger partial charge >= 0.3 is 0 Å². The van der Waals surface area contributed by atoms with Crippen LogP contribution < -0.4 is 5.32 Å². The van der Waals surface area contributed by atoms with E-state index < -0.39 is 0 Å². The molecule has 0 aromatic carbocycles. The Hall–Kier alpha value is -1.51. The highest BCUT2D eigenvalue weighted by Gasteiger charge is 2.34. The van der Waals surface area contributed by atoms with Crippen LogP contribution in [0.25, 0.3) is 0 Å². The number of carbonyl (C=O) groups excluding carboxylic acids is 1. The molecule has 26 heavy (non-hydrogen) atoms. The second kappa shape index (κ2) is 8.92. The zero-order valence-corrected chi connectivity index (χ0v) is 16.3. The minimum atomic E-state index is 0.0486. The number of carbonyl (C=O) groups is 1. The summed E-state index contributed by atoms with van der Waals surface area (Å²) in [5, 5.41) is 11.8. The minimum absolute atomic E-state index is 0.0486. The molecule has 2 fully saturated rings. The van der Waals surface area contributed by atoms with Crippen molar-refractivity contribution in [2.45, 2.75) is 45.2 Å². The zero-order valence-electron chi connectivity index (χ0n) is 16.3. The summed E-state index contributed by atoms with van der Waals surface area (Å²) < 4.78 is 7.59. The Morgan fingerprint density at radius 3 is 2.54 bits per heavy atom. The Balaban J connectivity index is 1.44. The summed E-state index contributed by atoms with van der Waals surface area (Å²) in [6, 6.07) is 0.294. The molecule has 1 aliphatic carbocycles. The molecule has 1 amide bonds. The van der Waals surface area contributed by atoms with E-state index in [2.05, 4.69) is 36.9 Å². The Bertz CT molecular complexity index is 591. The van der Waals surface area contributed by atoms with Gasteiger partial charge in [0.15, 0.2) is 0 Å². The molecular weight excluding hydrogens is 332 g/mol. The Morgan fingerprint density at radius 2 is 1.88 bits per heavy atom. The van der Waals surface area contributed by atoms with E-state index in [1.54, 1.807) is 6.92 Å². The normalized spacial score (nSPS) is 24.4. The van der Waals surface area contributed by atoms with Crippen molar-refractivity contribution in [2.24, 2.45) is 7.05 Å². The fourth-order valence-corrected chi connectivity index (χ4v) is 3.81. The van der Waals surface area contributed by atoms with Crippen molar-refractivity contribution < 1.29 is 9.53 Å². The molecule has 1 N–H and O–H groups in total. The predicted molar refractivity (Wildman–Crippen MR) is 98.8 cm³/mol.